The van der Waals surface area contributed by atoms with Crippen LogP contribution in [0.2, 0.25) is 0 Å². The van der Waals surface area contributed by atoms with Gasteiger partial charge in [0.2, 0.25) is 5.91 Å². The van der Waals surface area contributed by atoms with E-state index in [1.165, 1.54) is 0 Å². The zero-order valence-corrected chi connectivity index (χ0v) is 10.7. The van der Waals surface area contributed by atoms with Crippen molar-refractivity contribution in [2.75, 3.05) is 11.9 Å². The Labute approximate surface area is 115 Å². The van der Waals surface area contributed by atoms with Crippen molar-refractivity contribution in [3.05, 3.63) is 23.8 Å². The number of fused-ring (bicyclic) bond motifs is 1. The molecule has 1 atom stereocenters. The first-order chi connectivity index (χ1) is 9.35. The summed E-state index contributed by atoms with van der Waals surface area (Å²) >= 11 is 0. The van der Waals surface area contributed by atoms with Crippen LogP contribution in [0.15, 0.2) is 18.2 Å². The zero-order chi connectivity index (χ0) is 14.8. The first-order valence-electron chi connectivity index (χ1n) is 6.27. The highest BCUT2D eigenvalue weighted by atomic mass is 16.7. The van der Waals surface area contributed by atoms with Crippen molar-refractivity contribution >= 4 is 11.6 Å². The lowest BCUT2D eigenvalue weighted by Crippen LogP contribution is -2.27. The molecule has 1 aliphatic heterocycles. The van der Waals surface area contributed by atoms with E-state index in [1.54, 1.807) is 18.2 Å². The van der Waals surface area contributed by atoms with Crippen LogP contribution < -0.4 is 10.1 Å². The zero-order valence-electron chi connectivity index (χ0n) is 10.7. The minimum atomic E-state index is -2.68. The predicted molar refractivity (Wildman–Crippen MR) is 68.8 cm³/mol. The summed E-state index contributed by atoms with van der Waals surface area (Å²) in [5.74, 6) is -2.46. The summed E-state index contributed by atoms with van der Waals surface area (Å²) in [5, 5.41) is 38.5. The van der Waals surface area contributed by atoms with Gasteiger partial charge in [0.05, 0.1) is 24.8 Å². The van der Waals surface area contributed by atoms with Gasteiger partial charge in [-0.1, -0.05) is 6.07 Å². The topological polar surface area (TPSA) is 119 Å². The van der Waals surface area contributed by atoms with Crippen molar-refractivity contribution in [1.29, 1.82) is 0 Å². The van der Waals surface area contributed by atoms with E-state index in [0.29, 0.717) is 17.0 Å². The molecule has 0 saturated carbocycles. The maximum Gasteiger partial charge on any atom is 0.275 e. The van der Waals surface area contributed by atoms with Crippen LogP contribution in [0.1, 0.15) is 30.9 Å². The lowest BCUT2D eigenvalue weighted by Gasteiger charge is -2.22. The number of amides is 1. The van der Waals surface area contributed by atoms with E-state index in [2.05, 4.69) is 5.32 Å². The van der Waals surface area contributed by atoms with Crippen molar-refractivity contribution in [2.24, 2.45) is 0 Å². The summed E-state index contributed by atoms with van der Waals surface area (Å²) in [5.41, 5.74) is 1.14. The maximum absolute atomic E-state index is 11.3. The third-order valence-corrected chi connectivity index (χ3v) is 2.96. The van der Waals surface area contributed by atoms with Gasteiger partial charge in [0.1, 0.15) is 5.75 Å². The summed E-state index contributed by atoms with van der Waals surface area (Å²) in [6, 6.07) is 4.92. The molecule has 0 aliphatic carbocycles. The van der Waals surface area contributed by atoms with Gasteiger partial charge in [-0.3, -0.25) is 4.79 Å². The molecular formula is C13H17NO6. The number of aliphatic hydroxyl groups excluding tert-OH is 1. The molecule has 110 valence electrons. The largest absolute Gasteiger partial charge is 0.494 e. The molecule has 7 nitrogen and oxygen atoms in total. The molecule has 2 rings (SSSR count). The molecule has 0 bridgehead atoms. The van der Waals surface area contributed by atoms with Crippen molar-refractivity contribution in [1.82, 2.24) is 0 Å². The number of carbonyl (C=O) groups is 1. The van der Waals surface area contributed by atoms with Gasteiger partial charge in [0, 0.05) is 18.1 Å². The second kappa shape index (κ2) is 5.76. The minimum Gasteiger partial charge on any atom is -0.494 e. The molecule has 0 spiro atoms. The second-order valence-electron chi connectivity index (χ2n) is 4.74. The minimum absolute atomic E-state index is 0.0405. The first-order valence-corrected chi connectivity index (χ1v) is 6.27. The number of nitrogens with one attached hydrogen (secondary N) is 1. The molecule has 5 N–H and O–H groups in total. The average Bonchev–Trinajstić information content (AvgIpc) is 2.33. The monoisotopic (exact) mass is 283 g/mol. The van der Waals surface area contributed by atoms with E-state index >= 15 is 0 Å². The summed E-state index contributed by atoms with van der Waals surface area (Å²) in [6.45, 7) is 0.179. The van der Waals surface area contributed by atoms with Gasteiger partial charge in [-0.15, -0.1) is 0 Å². The molecule has 0 radical (unpaired) electrons. The standard InChI is InChI=1S/C13H17NO6/c15-11-7-12(16)14-10-6-8(2-3-9(10)11)20-5-1-4-13(17,18)19/h2-3,6,11,15,17-19H,1,4-5,7H2,(H,14,16). The lowest BCUT2D eigenvalue weighted by molar-refractivity contribution is -0.315. The Morgan fingerprint density at radius 3 is 2.80 bits per heavy atom. The SMILES string of the molecule is O=C1CC(O)c2ccc(OCCCC(O)(O)O)cc2N1. The molecule has 1 amide bonds. The normalized spacial score (nSPS) is 18.4. The Bertz CT molecular complexity index is 496. The van der Waals surface area contributed by atoms with Gasteiger partial charge in [-0.25, -0.2) is 0 Å². The van der Waals surface area contributed by atoms with Crippen LogP contribution in [-0.4, -0.2) is 38.9 Å². The summed E-state index contributed by atoms with van der Waals surface area (Å²) in [7, 11) is 0. The third kappa shape index (κ3) is 3.91. The van der Waals surface area contributed by atoms with Crippen LogP contribution in [0, 0.1) is 0 Å². The fourth-order valence-electron chi connectivity index (χ4n) is 2.01. The molecule has 0 fully saturated rings. The van der Waals surface area contributed by atoms with Crippen LogP contribution in [-0.2, 0) is 4.79 Å². The number of hydrogen-bond donors (Lipinski definition) is 5. The average molecular weight is 283 g/mol. The quantitative estimate of drug-likeness (QED) is 0.379. The van der Waals surface area contributed by atoms with Crippen molar-refractivity contribution in [2.45, 2.75) is 31.3 Å². The number of aliphatic hydroxyl groups is 4. The van der Waals surface area contributed by atoms with Crippen molar-refractivity contribution in [3.63, 3.8) is 0 Å². The Kier molecular flexibility index (Phi) is 4.24. The Morgan fingerprint density at radius 2 is 2.10 bits per heavy atom. The van der Waals surface area contributed by atoms with Crippen LogP contribution in [0.3, 0.4) is 0 Å². The summed E-state index contributed by atoms with van der Waals surface area (Å²) < 4.78 is 5.37. The number of anilines is 1. The highest BCUT2D eigenvalue weighted by Crippen LogP contribution is 2.33. The van der Waals surface area contributed by atoms with Crippen molar-refractivity contribution < 1.29 is 30.0 Å². The smallest absolute Gasteiger partial charge is 0.275 e. The number of rotatable bonds is 5. The lowest BCUT2D eigenvalue weighted by atomic mass is 10.00. The van der Waals surface area contributed by atoms with E-state index in [0.717, 1.165) is 0 Å². The van der Waals surface area contributed by atoms with Gasteiger partial charge in [0.15, 0.2) is 0 Å². The van der Waals surface area contributed by atoms with Crippen LogP contribution in [0.4, 0.5) is 5.69 Å². The molecule has 0 aromatic heterocycles. The number of ether oxygens (including phenoxy) is 1. The molecule has 1 unspecified atom stereocenters. The Balaban J connectivity index is 1.94. The fourth-order valence-corrected chi connectivity index (χ4v) is 2.01. The van der Waals surface area contributed by atoms with E-state index in [-0.39, 0.29) is 31.8 Å². The molecule has 1 aromatic rings. The molecule has 0 saturated heterocycles. The van der Waals surface area contributed by atoms with Crippen LogP contribution >= 0.6 is 0 Å². The van der Waals surface area contributed by atoms with Gasteiger partial charge in [-0.05, 0) is 12.5 Å². The molecule has 20 heavy (non-hydrogen) atoms. The number of benzene rings is 1. The van der Waals surface area contributed by atoms with Crippen molar-refractivity contribution in [3.8, 4) is 5.75 Å². The Morgan fingerprint density at radius 1 is 1.35 bits per heavy atom. The molecule has 1 aromatic carbocycles. The van der Waals surface area contributed by atoms with E-state index in [4.69, 9.17) is 20.1 Å². The fraction of sp³-hybridized carbons (Fsp3) is 0.462. The van der Waals surface area contributed by atoms with Crippen LogP contribution in [0.5, 0.6) is 5.75 Å². The Hall–Kier alpha value is -1.67. The van der Waals surface area contributed by atoms with Gasteiger partial charge < -0.3 is 30.5 Å². The first kappa shape index (κ1) is 14.7. The van der Waals surface area contributed by atoms with Gasteiger partial charge >= 0.3 is 0 Å². The third-order valence-electron chi connectivity index (χ3n) is 2.96. The predicted octanol–water partition coefficient (Wildman–Crippen LogP) is -0.148. The molecular weight excluding hydrogens is 266 g/mol. The van der Waals surface area contributed by atoms with Crippen LogP contribution in [0.25, 0.3) is 0 Å². The number of hydrogen-bond acceptors (Lipinski definition) is 6. The summed E-state index contributed by atoms with van der Waals surface area (Å²) in [6.07, 6.45) is -0.756. The molecule has 1 heterocycles. The van der Waals surface area contributed by atoms with Gasteiger partial charge in [0.25, 0.3) is 5.97 Å². The molecule has 1 aliphatic rings. The van der Waals surface area contributed by atoms with Gasteiger partial charge in [-0.2, -0.15) is 0 Å². The highest BCUT2D eigenvalue weighted by Gasteiger charge is 2.23. The van der Waals surface area contributed by atoms with E-state index in [1.807, 2.05) is 0 Å². The van der Waals surface area contributed by atoms with E-state index in [9.17, 15) is 9.90 Å². The van der Waals surface area contributed by atoms with E-state index < -0.39 is 12.1 Å². The highest BCUT2D eigenvalue weighted by molar-refractivity contribution is 5.94. The summed E-state index contributed by atoms with van der Waals surface area (Å²) in [4.78, 5) is 11.3. The molecule has 7 heteroatoms. The second-order valence-corrected chi connectivity index (χ2v) is 4.74. The number of carbonyl (C=O) groups excluding carboxylic acids is 1. The maximum atomic E-state index is 11.3.